The van der Waals surface area contributed by atoms with E-state index in [0.29, 0.717) is 12.5 Å². The number of carbonyl (C=O) groups is 1. The first kappa shape index (κ1) is 11.7. The number of nitrogens with zero attached hydrogens (tertiary/aromatic N) is 1. The van der Waals surface area contributed by atoms with Gasteiger partial charge in [0.05, 0.1) is 5.41 Å². The summed E-state index contributed by atoms with van der Waals surface area (Å²) in [6, 6.07) is 8.27. The Bertz CT molecular complexity index is 442. The molecule has 1 aliphatic heterocycles. The van der Waals surface area contributed by atoms with E-state index in [1.807, 2.05) is 17.0 Å². The summed E-state index contributed by atoms with van der Waals surface area (Å²) in [5.74, 6) is 0.348. The largest absolute Gasteiger partial charge is 0.342 e. The lowest BCUT2D eigenvalue weighted by atomic mass is 9.93. The summed E-state index contributed by atoms with van der Waals surface area (Å²) in [6.45, 7) is 2.45. The van der Waals surface area contributed by atoms with Crippen LogP contribution in [0.3, 0.4) is 0 Å². The molecule has 1 aromatic rings. The molecule has 1 heterocycles. The van der Waals surface area contributed by atoms with Gasteiger partial charge in [-0.2, -0.15) is 0 Å². The molecule has 0 radical (unpaired) electrons. The highest BCUT2D eigenvalue weighted by Gasteiger charge is 2.53. The van der Waals surface area contributed by atoms with E-state index < -0.39 is 0 Å². The average Bonchev–Trinajstić information content (AvgIpc) is 3.05. The molecule has 1 aromatic carbocycles. The Labute approximate surface area is 108 Å². The summed E-state index contributed by atoms with van der Waals surface area (Å²) in [5.41, 5.74) is 7.72. The lowest BCUT2D eigenvalue weighted by molar-refractivity contribution is -0.132. The van der Waals surface area contributed by atoms with Gasteiger partial charge in [0.1, 0.15) is 0 Å². The van der Waals surface area contributed by atoms with Crippen molar-refractivity contribution in [2.24, 2.45) is 5.73 Å². The van der Waals surface area contributed by atoms with Gasteiger partial charge < -0.3 is 10.6 Å². The van der Waals surface area contributed by atoms with Gasteiger partial charge in [-0.3, -0.25) is 4.79 Å². The van der Waals surface area contributed by atoms with Crippen LogP contribution in [-0.4, -0.2) is 23.9 Å². The fourth-order valence-electron chi connectivity index (χ4n) is 2.93. The molecule has 1 amide bonds. The molecule has 0 atom stereocenters. The number of nitrogens with two attached hydrogens (primary N) is 1. The van der Waals surface area contributed by atoms with Crippen LogP contribution in [0.25, 0.3) is 0 Å². The highest BCUT2D eigenvalue weighted by atomic mass is 16.2. The Morgan fingerprint density at radius 2 is 1.78 bits per heavy atom. The molecular weight excluding hydrogens is 224 g/mol. The Kier molecular flexibility index (Phi) is 2.86. The van der Waals surface area contributed by atoms with Crippen LogP contribution in [0.1, 0.15) is 36.8 Å². The van der Waals surface area contributed by atoms with Crippen molar-refractivity contribution in [2.45, 2.75) is 37.6 Å². The minimum Gasteiger partial charge on any atom is -0.342 e. The van der Waals surface area contributed by atoms with Crippen LogP contribution in [0.2, 0.25) is 0 Å². The minimum atomic E-state index is -0.197. The van der Waals surface area contributed by atoms with Gasteiger partial charge in [0.25, 0.3) is 0 Å². The highest BCUT2D eigenvalue weighted by molar-refractivity contribution is 5.91. The molecule has 0 bridgehead atoms. The first-order chi connectivity index (χ1) is 8.76. The number of rotatable bonds is 3. The quantitative estimate of drug-likeness (QED) is 0.881. The molecule has 3 rings (SSSR count). The molecule has 18 heavy (non-hydrogen) atoms. The normalized spacial score (nSPS) is 21.1. The van der Waals surface area contributed by atoms with Gasteiger partial charge in [-0.25, -0.2) is 0 Å². The van der Waals surface area contributed by atoms with Crippen molar-refractivity contribution in [3.05, 3.63) is 35.4 Å². The van der Waals surface area contributed by atoms with Gasteiger partial charge >= 0.3 is 0 Å². The molecule has 3 heteroatoms. The van der Waals surface area contributed by atoms with Crippen molar-refractivity contribution in [1.82, 2.24) is 4.90 Å². The van der Waals surface area contributed by atoms with Gasteiger partial charge in [-0.15, -0.1) is 0 Å². The van der Waals surface area contributed by atoms with Gasteiger partial charge in [0.2, 0.25) is 5.91 Å². The highest BCUT2D eigenvalue weighted by Crippen LogP contribution is 2.50. The second kappa shape index (κ2) is 4.39. The minimum absolute atomic E-state index is 0.197. The number of benzene rings is 1. The lowest BCUT2D eigenvalue weighted by Crippen LogP contribution is -2.37. The molecule has 0 spiro atoms. The van der Waals surface area contributed by atoms with Crippen molar-refractivity contribution >= 4 is 5.91 Å². The van der Waals surface area contributed by atoms with Crippen LogP contribution < -0.4 is 5.73 Å². The fraction of sp³-hybridized carbons (Fsp3) is 0.533. The molecule has 1 saturated heterocycles. The van der Waals surface area contributed by atoms with E-state index in [1.54, 1.807) is 0 Å². The summed E-state index contributed by atoms with van der Waals surface area (Å²) in [6.07, 6.45) is 4.33. The molecule has 96 valence electrons. The zero-order valence-corrected chi connectivity index (χ0v) is 10.7. The maximum absolute atomic E-state index is 12.6. The molecule has 0 aromatic heterocycles. The van der Waals surface area contributed by atoms with Crippen LogP contribution in [0.15, 0.2) is 24.3 Å². The van der Waals surface area contributed by atoms with Crippen LogP contribution >= 0.6 is 0 Å². The molecule has 2 fully saturated rings. The van der Waals surface area contributed by atoms with Crippen LogP contribution in [-0.2, 0) is 16.8 Å². The summed E-state index contributed by atoms with van der Waals surface area (Å²) in [7, 11) is 0. The number of hydrogen-bond donors (Lipinski definition) is 1. The molecule has 1 saturated carbocycles. The fourth-order valence-corrected chi connectivity index (χ4v) is 2.93. The predicted octanol–water partition coefficient (Wildman–Crippen LogP) is 1.80. The van der Waals surface area contributed by atoms with Crippen molar-refractivity contribution < 1.29 is 4.79 Å². The number of amides is 1. The summed E-state index contributed by atoms with van der Waals surface area (Å²) in [5, 5.41) is 0. The van der Waals surface area contributed by atoms with Gasteiger partial charge in [-0.05, 0) is 36.8 Å². The molecular formula is C15H20N2O. The Morgan fingerprint density at radius 1 is 1.17 bits per heavy atom. The molecule has 2 N–H and O–H groups in total. The third-order valence-electron chi connectivity index (χ3n) is 4.29. The lowest BCUT2D eigenvalue weighted by Gasteiger charge is -2.23. The van der Waals surface area contributed by atoms with E-state index in [2.05, 4.69) is 12.1 Å². The van der Waals surface area contributed by atoms with E-state index in [1.165, 1.54) is 5.56 Å². The van der Waals surface area contributed by atoms with E-state index in [4.69, 9.17) is 5.73 Å². The zero-order valence-electron chi connectivity index (χ0n) is 10.7. The van der Waals surface area contributed by atoms with Crippen molar-refractivity contribution in [3.8, 4) is 0 Å². The van der Waals surface area contributed by atoms with Crippen LogP contribution in [0.5, 0.6) is 0 Å². The third-order valence-corrected chi connectivity index (χ3v) is 4.29. The summed E-state index contributed by atoms with van der Waals surface area (Å²) < 4.78 is 0. The van der Waals surface area contributed by atoms with Crippen molar-refractivity contribution in [2.75, 3.05) is 13.1 Å². The maximum atomic E-state index is 12.6. The summed E-state index contributed by atoms with van der Waals surface area (Å²) in [4.78, 5) is 14.6. The monoisotopic (exact) mass is 244 g/mol. The van der Waals surface area contributed by atoms with Crippen molar-refractivity contribution in [3.63, 3.8) is 0 Å². The summed E-state index contributed by atoms with van der Waals surface area (Å²) >= 11 is 0. The Balaban J connectivity index is 1.82. The van der Waals surface area contributed by atoms with Gasteiger partial charge in [-0.1, -0.05) is 24.3 Å². The van der Waals surface area contributed by atoms with Gasteiger partial charge in [0, 0.05) is 19.6 Å². The first-order valence-electron chi connectivity index (χ1n) is 6.85. The van der Waals surface area contributed by atoms with Crippen LogP contribution in [0, 0.1) is 0 Å². The first-order valence-corrected chi connectivity index (χ1v) is 6.85. The predicted molar refractivity (Wildman–Crippen MR) is 71.1 cm³/mol. The number of carbonyl (C=O) groups excluding carboxylic acids is 1. The maximum Gasteiger partial charge on any atom is 0.233 e. The Morgan fingerprint density at radius 3 is 2.28 bits per heavy atom. The molecule has 1 aliphatic carbocycles. The third kappa shape index (κ3) is 1.83. The molecule has 2 aliphatic rings. The number of likely N-dealkylation sites (tertiary alicyclic amines) is 1. The molecule has 0 unspecified atom stereocenters. The number of hydrogen-bond acceptors (Lipinski definition) is 2. The Hall–Kier alpha value is -1.35. The van der Waals surface area contributed by atoms with Gasteiger partial charge in [0.15, 0.2) is 0 Å². The van der Waals surface area contributed by atoms with E-state index in [0.717, 1.165) is 44.3 Å². The van der Waals surface area contributed by atoms with Crippen molar-refractivity contribution in [1.29, 1.82) is 0 Å². The standard InChI is InChI=1S/C15H20N2O/c16-11-12-3-5-13(6-4-12)15(7-8-15)14(18)17-9-1-2-10-17/h3-6H,1-2,7-11,16H2. The van der Waals surface area contributed by atoms with Crippen LogP contribution in [0.4, 0.5) is 0 Å². The smallest absolute Gasteiger partial charge is 0.233 e. The average molecular weight is 244 g/mol. The zero-order chi connectivity index (χ0) is 12.6. The second-order valence-corrected chi connectivity index (χ2v) is 5.48. The molecule has 3 nitrogen and oxygen atoms in total. The van der Waals surface area contributed by atoms with E-state index in [9.17, 15) is 4.79 Å². The van der Waals surface area contributed by atoms with E-state index in [-0.39, 0.29) is 5.41 Å². The van der Waals surface area contributed by atoms with E-state index >= 15 is 0 Å². The SMILES string of the molecule is NCc1ccc(C2(C(=O)N3CCCC3)CC2)cc1. The second-order valence-electron chi connectivity index (χ2n) is 5.48. The topological polar surface area (TPSA) is 46.3 Å².